The number of ether oxygens (including phenoxy) is 1. The van der Waals surface area contributed by atoms with Crippen LogP contribution in [0.2, 0.25) is 0 Å². The van der Waals surface area contributed by atoms with Gasteiger partial charge < -0.3 is 25.6 Å². The normalized spacial score (nSPS) is 16.6. The molecule has 1 aromatic rings. The van der Waals surface area contributed by atoms with Crippen LogP contribution in [0.5, 0.6) is 0 Å². The molecule has 0 aliphatic carbocycles. The molecule has 0 unspecified atom stereocenters. The number of hydrogen-bond donors (Lipinski definition) is 2. The average molecular weight is 266 g/mol. The van der Waals surface area contributed by atoms with Gasteiger partial charge in [0, 0.05) is 39.8 Å². The molecule has 1 aromatic heterocycles. The molecule has 2 heterocycles. The highest BCUT2D eigenvalue weighted by molar-refractivity contribution is 5.74. The predicted octanol–water partition coefficient (Wildman–Crippen LogP) is -0.131. The van der Waals surface area contributed by atoms with Crippen LogP contribution in [0.3, 0.4) is 0 Å². The van der Waals surface area contributed by atoms with E-state index in [1.165, 1.54) is 0 Å². The lowest BCUT2D eigenvalue weighted by Gasteiger charge is -2.33. The molecule has 0 atom stereocenters. The topological polar surface area (TPSA) is 79.5 Å². The largest absolute Gasteiger partial charge is 0.393 e. The lowest BCUT2D eigenvalue weighted by Crippen LogP contribution is -2.45. The van der Waals surface area contributed by atoms with Gasteiger partial charge in [0.25, 0.3) is 0 Å². The third-order valence-electron chi connectivity index (χ3n) is 3.26. The summed E-state index contributed by atoms with van der Waals surface area (Å²) >= 11 is 0. The summed E-state index contributed by atoms with van der Waals surface area (Å²) in [5, 5.41) is 3.16. The van der Waals surface area contributed by atoms with E-state index in [4.69, 9.17) is 10.5 Å². The fourth-order valence-corrected chi connectivity index (χ4v) is 2.07. The van der Waals surface area contributed by atoms with Gasteiger partial charge in [-0.05, 0) is 7.05 Å². The van der Waals surface area contributed by atoms with Crippen LogP contribution in [0.4, 0.5) is 17.3 Å². The number of nitrogens with two attached hydrogens (primary N) is 1. The molecule has 106 valence electrons. The molecular formula is C12H22N6O. The Hall–Kier alpha value is -1.60. The molecule has 0 aromatic carbocycles. The van der Waals surface area contributed by atoms with Crippen molar-refractivity contribution in [2.24, 2.45) is 0 Å². The van der Waals surface area contributed by atoms with Gasteiger partial charge in [-0.15, -0.1) is 0 Å². The first kappa shape index (κ1) is 13.8. The molecule has 0 radical (unpaired) electrons. The van der Waals surface area contributed by atoms with E-state index < -0.39 is 0 Å². The van der Waals surface area contributed by atoms with Crippen LogP contribution in [-0.2, 0) is 4.74 Å². The van der Waals surface area contributed by atoms with E-state index >= 15 is 0 Å². The molecule has 2 rings (SSSR count). The summed E-state index contributed by atoms with van der Waals surface area (Å²) in [4.78, 5) is 13.0. The molecule has 0 saturated carbocycles. The van der Waals surface area contributed by atoms with E-state index in [0.717, 1.165) is 32.0 Å². The summed E-state index contributed by atoms with van der Waals surface area (Å²) in [5.74, 6) is 1.50. The molecule has 0 bridgehead atoms. The van der Waals surface area contributed by atoms with Crippen LogP contribution in [0.15, 0.2) is 6.33 Å². The van der Waals surface area contributed by atoms with Crippen molar-refractivity contribution >= 4 is 17.3 Å². The second-order valence-corrected chi connectivity index (χ2v) is 4.67. The van der Waals surface area contributed by atoms with Crippen molar-refractivity contribution < 1.29 is 4.74 Å². The van der Waals surface area contributed by atoms with Crippen molar-refractivity contribution in [3.8, 4) is 0 Å². The molecule has 19 heavy (non-hydrogen) atoms. The summed E-state index contributed by atoms with van der Waals surface area (Å²) in [5.41, 5.74) is 6.76. The number of hydrogen-bond acceptors (Lipinski definition) is 7. The van der Waals surface area contributed by atoms with E-state index in [-0.39, 0.29) is 0 Å². The molecule has 0 amide bonds. The molecule has 1 aliphatic rings. The Kier molecular flexibility index (Phi) is 4.75. The lowest BCUT2D eigenvalue weighted by atomic mass is 10.3. The van der Waals surface area contributed by atoms with Crippen molar-refractivity contribution in [2.45, 2.75) is 0 Å². The van der Waals surface area contributed by atoms with Crippen molar-refractivity contribution in [1.29, 1.82) is 0 Å². The van der Waals surface area contributed by atoms with Gasteiger partial charge in [0.15, 0.2) is 11.6 Å². The number of likely N-dealkylation sites (N-methyl/N-ethyl adjacent to an activating group) is 1. The Morgan fingerprint density at radius 3 is 2.74 bits per heavy atom. The van der Waals surface area contributed by atoms with Crippen molar-refractivity contribution in [3.63, 3.8) is 0 Å². The van der Waals surface area contributed by atoms with Crippen LogP contribution < -0.4 is 16.0 Å². The zero-order valence-electron chi connectivity index (χ0n) is 11.6. The maximum absolute atomic E-state index is 6.15. The van der Waals surface area contributed by atoms with Gasteiger partial charge in [0.1, 0.15) is 12.0 Å². The van der Waals surface area contributed by atoms with Gasteiger partial charge in [-0.3, -0.25) is 0 Å². The van der Waals surface area contributed by atoms with Gasteiger partial charge >= 0.3 is 0 Å². The second kappa shape index (κ2) is 6.53. The smallest absolute Gasteiger partial charge is 0.157 e. The first-order chi connectivity index (χ1) is 9.22. The Labute approximate surface area is 113 Å². The summed E-state index contributed by atoms with van der Waals surface area (Å²) in [6.07, 6.45) is 1.55. The molecule has 1 saturated heterocycles. The number of nitrogen functional groups attached to an aromatic ring is 1. The minimum absolute atomic E-state index is 0.614. The SMILES string of the molecule is COCCNc1ncnc(N2CCN(C)CC2)c1N. The summed E-state index contributed by atoms with van der Waals surface area (Å²) in [6, 6.07) is 0. The van der Waals surface area contributed by atoms with Crippen molar-refractivity contribution in [3.05, 3.63) is 6.33 Å². The Balaban J connectivity index is 2.06. The van der Waals surface area contributed by atoms with Crippen LogP contribution >= 0.6 is 0 Å². The Morgan fingerprint density at radius 1 is 1.32 bits per heavy atom. The number of methoxy groups -OCH3 is 1. The van der Waals surface area contributed by atoms with Gasteiger partial charge in [-0.25, -0.2) is 9.97 Å². The number of rotatable bonds is 5. The molecule has 7 heteroatoms. The summed E-state index contributed by atoms with van der Waals surface area (Å²) in [6.45, 7) is 5.23. The quantitative estimate of drug-likeness (QED) is 0.719. The minimum Gasteiger partial charge on any atom is -0.393 e. The number of piperazine rings is 1. The van der Waals surface area contributed by atoms with E-state index in [1.54, 1.807) is 13.4 Å². The molecule has 0 spiro atoms. The summed E-state index contributed by atoms with van der Waals surface area (Å²) in [7, 11) is 3.79. The van der Waals surface area contributed by atoms with E-state index in [2.05, 4.69) is 32.1 Å². The van der Waals surface area contributed by atoms with Crippen LogP contribution in [-0.4, -0.2) is 68.4 Å². The number of anilines is 3. The first-order valence-corrected chi connectivity index (χ1v) is 6.49. The maximum Gasteiger partial charge on any atom is 0.157 e. The van der Waals surface area contributed by atoms with Gasteiger partial charge in [0.05, 0.1) is 6.61 Å². The molecule has 7 nitrogen and oxygen atoms in total. The number of nitrogens with zero attached hydrogens (tertiary/aromatic N) is 4. The highest BCUT2D eigenvalue weighted by Crippen LogP contribution is 2.26. The standard InChI is InChI=1S/C12H22N6O/c1-17-4-6-18(7-5-17)12-10(13)11(15-9-16-12)14-3-8-19-2/h9H,3-8,13H2,1-2H3,(H,14,15,16). The molecular weight excluding hydrogens is 244 g/mol. The van der Waals surface area contributed by atoms with E-state index in [1.807, 2.05) is 0 Å². The highest BCUT2D eigenvalue weighted by Gasteiger charge is 2.19. The van der Waals surface area contributed by atoms with Crippen LogP contribution in [0.1, 0.15) is 0 Å². The second-order valence-electron chi connectivity index (χ2n) is 4.67. The monoisotopic (exact) mass is 266 g/mol. The average Bonchev–Trinajstić information content (AvgIpc) is 2.42. The zero-order chi connectivity index (χ0) is 13.7. The van der Waals surface area contributed by atoms with Gasteiger partial charge in [0.2, 0.25) is 0 Å². The van der Waals surface area contributed by atoms with E-state index in [0.29, 0.717) is 24.7 Å². The number of aromatic nitrogens is 2. The highest BCUT2D eigenvalue weighted by atomic mass is 16.5. The molecule has 3 N–H and O–H groups in total. The third kappa shape index (κ3) is 3.45. The Bertz CT molecular complexity index is 405. The van der Waals surface area contributed by atoms with Crippen molar-refractivity contribution in [1.82, 2.24) is 14.9 Å². The van der Waals surface area contributed by atoms with Gasteiger partial charge in [-0.1, -0.05) is 0 Å². The Morgan fingerprint density at radius 2 is 2.05 bits per heavy atom. The first-order valence-electron chi connectivity index (χ1n) is 6.49. The predicted molar refractivity (Wildman–Crippen MR) is 76.5 cm³/mol. The molecule has 1 fully saturated rings. The minimum atomic E-state index is 0.614. The fourth-order valence-electron chi connectivity index (χ4n) is 2.07. The van der Waals surface area contributed by atoms with Gasteiger partial charge in [-0.2, -0.15) is 0 Å². The summed E-state index contributed by atoms with van der Waals surface area (Å²) < 4.78 is 5.00. The third-order valence-corrected chi connectivity index (χ3v) is 3.26. The number of nitrogens with one attached hydrogen (secondary N) is 1. The van der Waals surface area contributed by atoms with Crippen molar-refractivity contribution in [2.75, 3.05) is 69.4 Å². The fraction of sp³-hybridized carbons (Fsp3) is 0.667. The zero-order valence-corrected chi connectivity index (χ0v) is 11.6. The van der Waals surface area contributed by atoms with Crippen LogP contribution in [0.25, 0.3) is 0 Å². The maximum atomic E-state index is 6.15. The van der Waals surface area contributed by atoms with Crippen LogP contribution in [0, 0.1) is 0 Å². The lowest BCUT2D eigenvalue weighted by molar-refractivity contribution is 0.210. The molecule has 1 aliphatic heterocycles. The van der Waals surface area contributed by atoms with E-state index in [9.17, 15) is 0 Å².